The van der Waals surface area contributed by atoms with Gasteiger partial charge in [0.2, 0.25) is 5.91 Å². The highest BCUT2D eigenvalue weighted by Crippen LogP contribution is 2.31. The second-order valence-electron chi connectivity index (χ2n) is 3.41. The van der Waals surface area contributed by atoms with Crippen LogP contribution in [0.25, 0.3) is 0 Å². The summed E-state index contributed by atoms with van der Waals surface area (Å²) < 4.78 is 0. The zero-order valence-corrected chi connectivity index (χ0v) is 7.84. The lowest BCUT2D eigenvalue weighted by Crippen LogP contribution is -2.14. The van der Waals surface area contributed by atoms with Gasteiger partial charge in [-0.05, 0) is 18.9 Å². The Morgan fingerprint density at radius 2 is 2.33 bits per heavy atom. The summed E-state index contributed by atoms with van der Waals surface area (Å²) in [5, 5.41) is 13.1. The Morgan fingerprint density at radius 1 is 1.60 bits per heavy atom. The maximum absolute atomic E-state index is 11.4. The van der Waals surface area contributed by atoms with E-state index >= 15 is 0 Å². The normalized spacial score (nSPS) is 14.7. The Morgan fingerprint density at radius 3 is 2.93 bits per heavy atom. The lowest BCUT2D eigenvalue weighted by atomic mass is 10.3. The molecule has 0 unspecified atom stereocenters. The summed E-state index contributed by atoms with van der Waals surface area (Å²) in [7, 11) is 0. The van der Waals surface area contributed by atoms with E-state index in [1.807, 2.05) is 0 Å². The average Bonchev–Trinajstić information content (AvgIpc) is 3.01. The van der Waals surface area contributed by atoms with E-state index in [9.17, 15) is 14.9 Å². The summed E-state index contributed by atoms with van der Waals surface area (Å²) in [6, 6.07) is 1.43. The summed E-state index contributed by atoms with van der Waals surface area (Å²) >= 11 is 0. The first-order chi connectivity index (χ1) is 7.18. The minimum atomic E-state index is -0.560. The van der Waals surface area contributed by atoms with Crippen LogP contribution in [0, 0.1) is 16.0 Å². The van der Waals surface area contributed by atoms with Crippen molar-refractivity contribution in [1.29, 1.82) is 0 Å². The molecule has 1 fully saturated rings. The molecule has 2 rings (SSSR count). The second kappa shape index (κ2) is 3.64. The minimum absolute atomic E-state index is 0.0257. The van der Waals surface area contributed by atoms with Crippen LogP contribution in [0.4, 0.5) is 11.4 Å². The number of nitrogens with one attached hydrogen (secondary N) is 1. The lowest BCUT2D eigenvalue weighted by molar-refractivity contribution is -0.384. The van der Waals surface area contributed by atoms with Gasteiger partial charge in [0.1, 0.15) is 11.9 Å². The Kier molecular flexibility index (Phi) is 2.32. The van der Waals surface area contributed by atoms with Crippen LogP contribution >= 0.6 is 0 Å². The number of aromatic nitrogens is 1. The van der Waals surface area contributed by atoms with Crippen LogP contribution in [-0.2, 0) is 4.79 Å². The smallest absolute Gasteiger partial charge is 0.310 e. The van der Waals surface area contributed by atoms with Gasteiger partial charge in [-0.25, -0.2) is 0 Å². The van der Waals surface area contributed by atoms with E-state index in [0.29, 0.717) is 0 Å². The van der Waals surface area contributed by atoms with E-state index in [2.05, 4.69) is 10.3 Å². The first-order valence-corrected chi connectivity index (χ1v) is 4.58. The molecule has 6 heteroatoms. The van der Waals surface area contributed by atoms with Crippen molar-refractivity contribution in [2.24, 2.45) is 5.92 Å². The molecular formula is C9H9N3O3. The van der Waals surface area contributed by atoms with Crippen molar-refractivity contribution in [3.63, 3.8) is 0 Å². The van der Waals surface area contributed by atoms with E-state index in [0.717, 1.165) is 19.0 Å². The summed E-state index contributed by atoms with van der Waals surface area (Å²) in [4.78, 5) is 25.1. The summed E-state index contributed by atoms with van der Waals surface area (Å²) in [5.74, 6) is -0.123. The number of carbonyl (C=O) groups excluding carboxylic acids is 1. The first-order valence-electron chi connectivity index (χ1n) is 4.58. The van der Waals surface area contributed by atoms with Crippen molar-refractivity contribution >= 4 is 17.3 Å². The van der Waals surface area contributed by atoms with Gasteiger partial charge in [0.05, 0.1) is 4.92 Å². The van der Waals surface area contributed by atoms with Gasteiger partial charge in [-0.15, -0.1) is 0 Å². The third-order valence-corrected chi connectivity index (χ3v) is 2.20. The van der Waals surface area contributed by atoms with Crippen LogP contribution < -0.4 is 5.32 Å². The topological polar surface area (TPSA) is 85.1 Å². The second-order valence-corrected chi connectivity index (χ2v) is 3.41. The summed E-state index contributed by atoms with van der Waals surface area (Å²) in [5.41, 5.74) is 0.0402. The van der Waals surface area contributed by atoms with Gasteiger partial charge in [-0.2, -0.15) is 0 Å². The monoisotopic (exact) mass is 207 g/mol. The fraction of sp³-hybridized carbons (Fsp3) is 0.333. The quantitative estimate of drug-likeness (QED) is 0.598. The molecule has 0 atom stereocenters. The Labute approximate surface area is 85.5 Å². The minimum Gasteiger partial charge on any atom is -0.320 e. The van der Waals surface area contributed by atoms with Crippen molar-refractivity contribution in [2.75, 3.05) is 5.32 Å². The molecule has 1 aliphatic rings. The molecular weight excluding hydrogens is 198 g/mol. The van der Waals surface area contributed by atoms with Crippen molar-refractivity contribution in [2.45, 2.75) is 12.8 Å². The third kappa shape index (κ3) is 2.09. The van der Waals surface area contributed by atoms with Crippen LogP contribution in [0.3, 0.4) is 0 Å². The average molecular weight is 207 g/mol. The van der Waals surface area contributed by atoms with Gasteiger partial charge in [-0.3, -0.25) is 19.9 Å². The molecule has 1 heterocycles. The van der Waals surface area contributed by atoms with Gasteiger partial charge in [0.15, 0.2) is 0 Å². The Hall–Kier alpha value is -1.98. The maximum Gasteiger partial charge on any atom is 0.310 e. The number of amides is 1. The molecule has 0 aromatic carbocycles. The molecule has 1 amide bonds. The lowest BCUT2D eigenvalue weighted by Gasteiger charge is -2.03. The molecule has 0 radical (unpaired) electrons. The fourth-order valence-electron chi connectivity index (χ4n) is 1.22. The zero-order chi connectivity index (χ0) is 10.8. The van der Waals surface area contributed by atoms with Crippen LogP contribution in [0.1, 0.15) is 12.8 Å². The molecule has 0 bridgehead atoms. The van der Waals surface area contributed by atoms with Crippen molar-refractivity contribution in [3.8, 4) is 0 Å². The van der Waals surface area contributed by atoms with Crippen molar-refractivity contribution in [3.05, 3.63) is 28.6 Å². The predicted octanol–water partition coefficient (Wildman–Crippen LogP) is 1.34. The van der Waals surface area contributed by atoms with Gasteiger partial charge >= 0.3 is 5.69 Å². The molecule has 1 saturated carbocycles. The van der Waals surface area contributed by atoms with E-state index in [1.54, 1.807) is 0 Å². The molecule has 15 heavy (non-hydrogen) atoms. The summed E-state index contributed by atoms with van der Waals surface area (Å²) in [6.07, 6.45) is 4.27. The third-order valence-electron chi connectivity index (χ3n) is 2.20. The van der Waals surface area contributed by atoms with Crippen LogP contribution in [-0.4, -0.2) is 15.8 Å². The van der Waals surface area contributed by atoms with E-state index in [1.165, 1.54) is 12.3 Å². The highest BCUT2D eigenvalue weighted by molar-refractivity contribution is 5.95. The Balaban J connectivity index is 2.19. The highest BCUT2D eigenvalue weighted by atomic mass is 16.6. The van der Waals surface area contributed by atoms with E-state index in [-0.39, 0.29) is 23.2 Å². The number of nitro groups is 1. The molecule has 78 valence electrons. The van der Waals surface area contributed by atoms with Gasteiger partial charge in [0, 0.05) is 12.1 Å². The molecule has 1 aromatic heterocycles. The van der Waals surface area contributed by atoms with Crippen LogP contribution in [0.2, 0.25) is 0 Å². The molecule has 0 aliphatic heterocycles. The molecule has 0 spiro atoms. The first kappa shape index (κ1) is 9.57. The van der Waals surface area contributed by atoms with Gasteiger partial charge in [-0.1, -0.05) is 0 Å². The van der Waals surface area contributed by atoms with Crippen molar-refractivity contribution < 1.29 is 9.72 Å². The largest absolute Gasteiger partial charge is 0.320 e. The number of anilines is 1. The maximum atomic E-state index is 11.4. The molecule has 1 aliphatic carbocycles. The van der Waals surface area contributed by atoms with Gasteiger partial charge < -0.3 is 5.32 Å². The molecule has 0 saturated heterocycles. The summed E-state index contributed by atoms with van der Waals surface area (Å²) in [6.45, 7) is 0. The number of rotatable bonds is 3. The number of nitrogens with zero attached hydrogens (tertiary/aromatic N) is 2. The van der Waals surface area contributed by atoms with Crippen molar-refractivity contribution in [1.82, 2.24) is 4.98 Å². The van der Waals surface area contributed by atoms with Crippen LogP contribution in [0.5, 0.6) is 0 Å². The SMILES string of the molecule is O=C(Nc1ccncc1[N+](=O)[O-])C1CC1. The van der Waals surface area contributed by atoms with E-state index in [4.69, 9.17) is 0 Å². The van der Waals surface area contributed by atoms with Crippen LogP contribution in [0.15, 0.2) is 18.5 Å². The molecule has 1 N–H and O–H groups in total. The number of carbonyl (C=O) groups is 1. The molecule has 1 aromatic rings. The predicted molar refractivity (Wildman–Crippen MR) is 52.2 cm³/mol. The molecule has 6 nitrogen and oxygen atoms in total. The van der Waals surface area contributed by atoms with E-state index < -0.39 is 4.92 Å². The highest BCUT2D eigenvalue weighted by Gasteiger charge is 2.30. The fourth-order valence-corrected chi connectivity index (χ4v) is 1.22. The number of hydrogen-bond acceptors (Lipinski definition) is 4. The number of pyridine rings is 1. The number of hydrogen-bond donors (Lipinski definition) is 1. The standard InChI is InChI=1S/C9H9N3O3/c13-9(6-1-2-6)11-7-3-4-10-5-8(7)12(14)15/h3-6H,1-2H2,(H,10,11,13). The van der Waals surface area contributed by atoms with Gasteiger partial charge in [0.25, 0.3) is 0 Å². The zero-order valence-electron chi connectivity index (χ0n) is 7.84. The Bertz CT molecular complexity index is 415.